The van der Waals surface area contributed by atoms with E-state index in [1.54, 1.807) is 4.90 Å². The van der Waals surface area contributed by atoms with Crippen LogP contribution in [0, 0.1) is 0 Å². The van der Waals surface area contributed by atoms with E-state index in [-0.39, 0.29) is 18.4 Å². The van der Waals surface area contributed by atoms with E-state index in [1.807, 2.05) is 31.2 Å². The molecule has 1 atom stereocenters. The highest BCUT2D eigenvalue weighted by molar-refractivity contribution is 9.10. The maximum Gasteiger partial charge on any atom is 0.250 e. The summed E-state index contributed by atoms with van der Waals surface area (Å²) in [5.74, 6) is -0.175. The summed E-state index contributed by atoms with van der Waals surface area (Å²) in [6.45, 7) is 2.57. The molecule has 2 rings (SSSR count). The number of hydrogen-bond donors (Lipinski definition) is 1. The summed E-state index contributed by atoms with van der Waals surface area (Å²) in [7, 11) is 0. The maximum atomic E-state index is 12.1. The lowest BCUT2D eigenvalue weighted by Gasteiger charge is -2.32. The van der Waals surface area contributed by atoms with Gasteiger partial charge < -0.3 is 10.2 Å². The van der Waals surface area contributed by atoms with Gasteiger partial charge in [-0.3, -0.25) is 9.59 Å². The van der Waals surface area contributed by atoms with Crippen molar-refractivity contribution in [2.75, 3.05) is 13.1 Å². The average molecular weight is 297 g/mol. The second kappa shape index (κ2) is 4.87. The Labute approximate surface area is 108 Å². The van der Waals surface area contributed by atoms with Gasteiger partial charge in [0.2, 0.25) is 11.8 Å². The van der Waals surface area contributed by atoms with Crippen molar-refractivity contribution in [2.45, 2.75) is 13.0 Å². The molecule has 0 saturated carbocycles. The van der Waals surface area contributed by atoms with Gasteiger partial charge in [0.05, 0.1) is 6.54 Å². The van der Waals surface area contributed by atoms with Gasteiger partial charge in [0.15, 0.2) is 0 Å². The lowest BCUT2D eigenvalue weighted by Crippen LogP contribution is -2.53. The van der Waals surface area contributed by atoms with Crippen molar-refractivity contribution in [1.29, 1.82) is 0 Å². The van der Waals surface area contributed by atoms with Crippen LogP contribution in [-0.2, 0) is 9.59 Å². The van der Waals surface area contributed by atoms with Crippen molar-refractivity contribution in [3.63, 3.8) is 0 Å². The zero-order valence-corrected chi connectivity index (χ0v) is 11.0. The van der Waals surface area contributed by atoms with Crippen LogP contribution in [0.1, 0.15) is 18.5 Å². The summed E-state index contributed by atoms with van der Waals surface area (Å²) in [5, 5.41) is 2.73. The molecule has 1 aliphatic rings. The molecule has 1 fully saturated rings. The van der Waals surface area contributed by atoms with Crippen LogP contribution in [0.25, 0.3) is 0 Å². The van der Waals surface area contributed by atoms with E-state index in [4.69, 9.17) is 0 Å². The molecule has 5 heteroatoms. The van der Waals surface area contributed by atoms with Crippen LogP contribution in [0.15, 0.2) is 28.7 Å². The number of carbonyl (C=O) groups is 2. The number of carbonyl (C=O) groups excluding carboxylic acids is 2. The van der Waals surface area contributed by atoms with Crippen molar-refractivity contribution in [1.82, 2.24) is 10.2 Å². The summed E-state index contributed by atoms with van der Waals surface area (Å²) in [6.07, 6.45) is 0. The molecule has 0 bridgehead atoms. The number of hydrogen-bond acceptors (Lipinski definition) is 2. The van der Waals surface area contributed by atoms with E-state index in [9.17, 15) is 9.59 Å². The normalized spacial score (nSPS) is 20.4. The molecule has 90 valence electrons. The van der Waals surface area contributed by atoms with Gasteiger partial charge in [-0.25, -0.2) is 0 Å². The summed E-state index contributed by atoms with van der Waals surface area (Å²) >= 11 is 3.40. The van der Waals surface area contributed by atoms with Crippen LogP contribution in [0.3, 0.4) is 0 Å². The Morgan fingerprint density at radius 3 is 2.76 bits per heavy atom. The molecule has 17 heavy (non-hydrogen) atoms. The Bertz CT molecular complexity index is 462. The van der Waals surface area contributed by atoms with Crippen molar-refractivity contribution in [3.8, 4) is 0 Å². The molecule has 0 aliphatic carbocycles. The van der Waals surface area contributed by atoms with Gasteiger partial charge in [-0.15, -0.1) is 0 Å². The second-order valence-electron chi connectivity index (χ2n) is 3.87. The predicted molar refractivity (Wildman–Crippen MR) is 67.3 cm³/mol. The minimum Gasteiger partial charge on any atom is -0.339 e. The van der Waals surface area contributed by atoms with E-state index in [0.717, 1.165) is 10.0 Å². The Kier molecular flexibility index (Phi) is 3.47. The summed E-state index contributed by atoms with van der Waals surface area (Å²) in [5.41, 5.74) is 0.795. The topological polar surface area (TPSA) is 49.4 Å². The summed E-state index contributed by atoms with van der Waals surface area (Å²) in [6, 6.07) is 6.85. The minimum absolute atomic E-state index is 0.0565. The number of likely N-dealkylation sites (N-methyl/N-ethyl adjacent to an activating group) is 1. The Morgan fingerprint density at radius 1 is 1.41 bits per heavy atom. The molecular weight excluding hydrogens is 284 g/mol. The third kappa shape index (κ3) is 2.34. The van der Waals surface area contributed by atoms with Gasteiger partial charge >= 0.3 is 0 Å². The highest BCUT2D eigenvalue weighted by Crippen LogP contribution is 2.26. The monoisotopic (exact) mass is 296 g/mol. The highest BCUT2D eigenvalue weighted by atomic mass is 79.9. The zero-order valence-electron chi connectivity index (χ0n) is 9.44. The van der Waals surface area contributed by atoms with E-state index in [1.165, 1.54) is 0 Å². The average Bonchev–Trinajstić information content (AvgIpc) is 2.32. The van der Waals surface area contributed by atoms with Crippen molar-refractivity contribution in [2.24, 2.45) is 0 Å². The fourth-order valence-corrected chi connectivity index (χ4v) is 2.40. The van der Waals surface area contributed by atoms with Crippen LogP contribution in [0.2, 0.25) is 0 Å². The number of nitrogens with one attached hydrogen (secondary N) is 1. The first-order valence-electron chi connectivity index (χ1n) is 5.46. The van der Waals surface area contributed by atoms with E-state index >= 15 is 0 Å². The number of benzene rings is 1. The smallest absolute Gasteiger partial charge is 0.250 e. The van der Waals surface area contributed by atoms with E-state index < -0.39 is 6.04 Å². The Morgan fingerprint density at radius 2 is 2.12 bits per heavy atom. The lowest BCUT2D eigenvalue weighted by molar-refractivity contribution is -0.144. The van der Waals surface area contributed by atoms with Crippen LogP contribution >= 0.6 is 15.9 Å². The van der Waals surface area contributed by atoms with Gasteiger partial charge in [0.1, 0.15) is 6.04 Å². The zero-order chi connectivity index (χ0) is 12.4. The molecule has 1 aromatic rings. The van der Waals surface area contributed by atoms with Crippen LogP contribution in [0.5, 0.6) is 0 Å². The fraction of sp³-hybridized carbons (Fsp3) is 0.333. The van der Waals surface area contributed by atoms with Gasteiger partial charge in [0.25, 0.3) is 0 Å². The van der Waals surface area contributed by atoms with Crippen molar-refractivity contribution >= 4 is 27.7 Å². The number of halogens is 1. The first kappa shape index (κ1) is 12.1. The maximum absolute atomic E-state index is 12.1. The predicted octanol–water partition coefficient (Wildman–Crippen LogP) is 1.47. The van der Waals surface area contributed by atoms with E-state index in [2.05, 4.69) is 21.2 Å². The van der Waals surface area contributed by atoms with Gasteiger partial charge in [-0.2, -0.15) is 0 Å². The molecule has 1 unspecified atom stereocenters. The second-order valence-corrected chi connectivity index (χ2v) is 4.73. The molecule has 1 saturated heterocycles. The largest absolute Gasteiger partial charge is 0.339 e. The molecule has 1 heterocycles. The first-order chi connectivity index (χ1) is 8.13. The third-order valence-corrected chi connectivity index (χ3v) is 3.52. The number of rotatable bonds is 2. The molecule has 0 spiro atoms. The number of piperazine rings is 1. The Hall–Kier alpha value is -1.36. The Balaban J connectivity index is 2.34. The number of amides is 2. The lowest BCUT2D eigenvalue weighted by atomic mass is 10.0. The third-order valence-electron chi connectivity index (χ3n) is 2.80. The van der Waals surface area contributed by atoms with Gasteiger partial charge in [-0.05, 0) is 18.6 Å². The molecule has 4 nitrogen and oxygen atoms in total. The highest BCUT2D eigenvalue weighted by Gasteiger charge is 2.33. The van der Waals surface area contributed by atoms with Crippen LogP contribution in [0.4, 0.5) is 0 Å². The van der Waals surface area contributed by atoms with Crippen LogP contribution in [-0.4, -0.2) is 29.8 Å². The fourth-order valence-electron chi connectivity index (χ4n) is 1.89. The van der Waals surface area contributed by atoms with Gasteiger partial charge in [0, 0.05) is 11.0 Å². The van der Waals surface area contributed by atoms with Crippen molar-refractivity contribution < 1.29 is 9.59 Å². The minimum atomic E-state index is -0.577. The molecule has 0 radical (unpaired) electrons. The number of nitrogens with zero attached hydrogens (tertiary/aromatic N) is 1. The van der Waals surface area contributed by atoms with Crippen molar-refractivity contribution in [3.05, 3.63) is 34.3 Å². The quantitative estimate of drug-likeness (QED) is 0.898. The SMILES string of the molecule is CCN1CC(=O)NC(c2ccccc2Br)C1=O. The van der Waals surface area contributed by atoms with E-state index in [0.29, 0.717) is 6.54 Å². The molecule has 2 amide bonds. The summed E-state index contributed by atoms with van der Waals surface area (Å²) in [4.78, 5) is 25.3. The molecule has 1 aliphatic heterocycles. The van der Waals surface area contributed by atoms with Gasteiger partial charge in [-0.1, -0.05) is 34.1 Å². The first-order valence-corrected chi connectivity index (χ1v) is 6.25. The molecular formula is C12H13BrN2O2. The molecule has 1 N–H and O–H groups in total. The summed E-state index contributed by atoms with van der Waals surface area (Å²) < 4.78 is 0.830. The molecule has 1 aromatic carbocycles. The standard InChI is InChI=1S/C12H13BrN2O2/c1-2-15-7-10(16)14-11(12(15)17)8-5-3-4-6-9(8)13/h3-6,11H,2,7H2,1H3,(H,14,16). The van der Waals surface area contributed by atoms with Crippen LogP contribution < -0.4 is 5.32 Å². The molecule has 0 aromatic heterocycles.